The average Bonchev–Trinajstić information content (AvgIpc) is 2.39. The van der Waals surface area contributed by atoms with Crippen molar-refractivity contribution < 1.29 is 30.4 Å². The number of carbonyl (C=O) groups is 1. The summed E-state index contributed by atoms with van der Waals surface area (Å²) in [6.45, 7) is 0. The Hall–Kier alpha value is -1.47. The van der Waals surface area contributed by atoms with E-state index in [1.165, 1.54) is 0 Å². The zero-order valence-corrected chi connectivity index (χ0v) is 10.4. The molecule has 0 atom stereocenters. The van der Waals surface area contributed by atoms with Crippen LogP contribution >= 0.6 is 0 Å². The van der Waals surface area contributed by atoms with Crippen LogP contribution < -0.4 is 5.06 Å². The van der Waals surface area contributed by atoms with Crippen LogP contribution in [0.1, 0.15) is 10.4 Å². The number of hydroxylamine groups is 1. The number of carbonyl (C=O) groups excluding carboxylic acids is 1. The largest absolute Gasteiger partial charge is 0.281 e. The summed E-state index contributed by atoms with van der Waals surface area (Å²) in [5.74, 6) is -0.438. The van der Waals surface area contributed by atoms with E-state index in [-0.39, 0.29) is 20.4 Å². The fraction of sp³-hybridized carbons (Fsp3) is 0. The molecule has 0 aromatic heterocycles. The number of para-hydroxylation sites is 1. The molecule has 0 aliphatic heterocycles. The molecule has 2 aromatic carbocycles. The Labute approximate surface area is 113 Å². The molecule has 0 unspecified atom stereocenters. The molecule has 17 heavy (non-hydrogen) atoms. The first-order chi connectivity index (χ1) is 7.79. The number of hydrogen-bond acceptors (Lipinski definition) is 2. The molecule has 0 bridgehead atoms. The number of hydrogen-bond donors (Lipinski definition) is 1. The van der Waals surface area contributed by atoms with Crippen LogP contribution in [0, 0.1) is 0 Å². The first-order valence-corrected chi connectivity index (χ1v) is 4.92. The van der Waals surface area contributed by atoms with Crippen molar-refractivity contribution in [1.82, 2.24) is 0 Å². The third-order valence-corrected chi connectivity index (χ3v) is 2.21. The molecule has 0 aliphatic carbocycles. The Morgan fingerprint density at radius 3 is 1.88 bits per heavy atom. The van der Waals surface area contributed by atoms with Crippen molar-refractivity contribution in [1.29, 1.82) is 0 Å². The second-order valence-electron chi connectivity index (χ2n) is 3.32. The Bertz CT molecular complexity index is 473. The van der Waals surface area contributed by atoms with E-state index < -0.39 is 5.91 Å². The maximum atomic E-state index is 11.8. The summed E-state index contributed by atoms with van der Waals surface area (Å²) in [5, 5.41) is 10.4. The summed E-state index contributed by atoms with van der Waals surface area (Å²) in [6.07, 6.45) is 0. The zero-order chi connectivity index (χ0) is 11.4. The van der Waals surface area contributed by atoms with Gasteiger partial charge >= 0.3 is 0 Å². The molecule has 0 saturated carbocycles. The Kier molecular flexibility index (Phi) is 5.05. The summed E-state index contributed by atoms with van der Waals surface area (Å²) in [5.41, 5.74) is 0.908. The molecule has 2 aromatic rings. The van der Waals surface area contributed by atoms with Gasteiger partial charge in [0.15, 0.2) is 0 Å². The van der Waals surface area contributed by atoms with Gasteiger partial charge in [-0.2, -0.15) is 5.06 Å². The Morgan fingerprint density at radius 1 is 0.882 bits per heavy atom. The van der Waals surface area contributed by atoms with Gasteiger partial charge in [0, 0.05) is 26.0 Å². The Balaban J connectivity index is 0.00000144. The third-order valence-electron chi connectivity index (χ3n) is 2.21. The van der Waals surface area contributed by atoms with Gasteiger partial charge < -0.3 is 0 Å². The van der Waals surface area contributed by atoms with Crippen molar-refractivity contribution in [2.24, 2.45) is 0 Å². The smallest absolute Gasteiger partial charge is 0.281 e. The number of amides is 1. The summed E-state index contributed by atoms with van der Waals surface area (Å²) < 4.78 is 0. The summed E-state index contributed by atoms with van der Waals surface area (Å²) in [4.78, 5) is 11.8. The van der Waals surface area contributed by atoms with E-state index in [9.17, 15) is 10.0 Å². The van der Waals surface area contributed by atoms with Crippen molar-refractivity contribution in [2.75, 3.05) is 5.06 Å². The molecule has 1 N–H and O–H groups in total. The zero-order valence-electron chi connectivity index (χ0n) is 8.89. The predicted octanol–water partition coefficient (Wildman–Crippen LogP) is 2.72. The molecule has 4 heteroatoms. The van der Waals surface area contributed by atoms with E-state index in [2.05, 4.69) is 0 Å². The molecule has 90 valence electrons. The second kappa shape index (κ2) is 6.31. The van der Waals surface area contributed by atoms with Crippen molar-refractivity contribution in [3.8, 4) is 0 Å². The van der Waals surface area contributed by atoms with Crippen LogP contribution in [0.5, 0.6) is 0 Å². The van der Waals surface area contributed by atoms with E-state index in [0.717, 1.165) is 0 Å². The van der Waals surface area contributed by atoms with E-state index in [4.69, 9.17) is 0 Å². The molecule has 0 aliphatic rings. The molecular weight excluding hydrogens is 309 g/mol. The molecular formula is C13H11NO2Pd. The van der Waals surface area contributed by atoms with Crippen molar-refractivity contribution in [2.45, 2.75) is 0 Å². The predicted molar refractivity (Wildman–Crippen MR) is 61.5 cm³/mol. The van der Waals surface area contributed by atoms with E-state index >= 15 is 0 Å². The molecule has 0 heterocycles. The van der Waals surface area contributed by atoms with Crippen LogP contribution in [-0.4, -0.2) is 11.1 Å². The van der Waals surface area contributed by atoms with Crippen LogP contribution in [0.3, 0.4) is 0 Å². The van der Waals surface area contributed by atoms with Gasteiger partial charge in [0.05, 0.1) is 5.69 Å². The van der Waals surface area contributed by atoms with Crippen LogP contribution in [0.25, 0.3) is 0 Å². The van der Waals surface area contributed by atoms with Gasteiger partial charge in [-0.15, -0.1) is 0 Å². The minimum absolute atomic E-state index is 0. The van der Waals surface area contributed by atoms with Gasteiger partial charge in [-0.3, -0.25) is 10.0 Å². The molecule has 0 radical (unpaired) electrons. The van der Waals surface area contributed by atoms with Crippen molar-refractivity contribution in [3.63, 3.8) is 0 Å². The number of rotatable bonds is 2. The van der Waals surface area contributed by atoms with Gasteiger partial charge in [0.1, 0.15) is 0 Å². The summed E-state index contributed by atoms with van der Waals surface area (Å²) in [6, 6.07) is 17.3. The van der Waals surface area contributed by atoms with Gasteiger partial charge in [-0.05, 0) is 24.3 Å². The fourth-order valence-electron chi connectivity index (χ4n) is 1.39. The van der Waals surface area contributed by atoms with Gasteiger partial charge in [0.2, 0.25) is 0 Å². The van der Waals surface area contributed by atoms with Crippen LogP contribution in [-0.2, 0) is 20.4 Å². The van der Waals surface area contributed by atoms with Gasteiger partial charge in [-0.25, -0.2) is 0 Å². The molecule has 0 saturated heterocycles. The average molecular weight is 320 g/mol. The Morgan fingerprint density at radius 2 is 1.35 bits per heavy atom. The summed E-state index contributed by atoms with van der Waals surface area (Å²) >= 11 is 0. The fourth-order valence-corrected chi connectivity index (χ4v) is 1.39. The SMILES string of the molecule is O=C(c1ccccc1)N(O)c1ccccc1.[Pd]. The first kappa shape index (κ1) is 13.6. The monoisotopic (exact) mass is 319 g/mol. The maximum absolute atomic E-state index is 11.8. The number of nitrogens with zero attached hydrogens (tertiary/aromatic N) is 1. The van der Waals surface area contributed by atoms with Crippen LogP contribution in [0.15, 0.2) is 60.7 Å². The molecule has 2 rings (SSSR count). The normalized spacial score (nSPS) is 9.24. The van der Waals surface area contributed by atoms with E-state index in [1.54, 1.807) is 48.5 Å². The molecule has 0 fully saturated rings. The molecule has 0 spiro atoms. The van der Waals surface area contributed by atoms with E-state index in [1.807, 2.05) is 12.1 Å². The van der Waals surface area contributed by atoms with Gasteiger partial charge in [0.25, 0.3) is 5.91 Å². The first-order valence-electron chi connectivity index (χ1n) is 4.92. The maximum Gasteiger partial charge on any atom is 0.281 e. The van der Waals surface area contributed by atoms with Crippen molar-refractivity contribution in [3.05, 3.63) is 66.2 Å². The minimum Gasteiger partial charge on any atom is -0.281 e. The second-order valence-corrected chi connectivity index (χ2v) is 3.32. The van der Waals surface area contributed by atoms with Crippen molar-refractivity contribution >= 4 is 11.6 Å². The topological polar surface area (TPSA) is 40.5 Å². The standard InChI is InChI=1S/C13H11NO2.Pd/c15-13(11-7-3-1-4-8-11)14(16)12-9-5-2-6-10-12;/h1-10,16H;. The number of benzene rings is 2. The van der Waals surface area contributed by atoms with Crippen LogP contribution in [0.2, 0.25) is 0 Å². The van der Waals surface area contributed by atoms with Crippen LogP contribution in [0.4, 0.5) is 5.69 Å². The third kappa shape index (κ3) is 3.24. The minimum atomic E-state index is -0.438. The summed E-state index contributed by atoms with van der Waals surface area (Å²) in [7, 11) is 0. The molecule has 3 nitrogen and oxygen atoms in total. The molecule has 1 amide bonds. The van der Waals surface area contributed by atoms with Gasteiger partial charge in [-0.1, -0.05) is 36.4 Å². The van der Waals surface area contributed by atoms with E-state index in [0.29, 0.717) is 16.3 Å². The quantitative estimate of drug-likeness (QED) is 0.525. The number of anilines is 1.